The van der Waals surface area contributed by atoms with Gasteiger partial charge in [-0.05, 0) is 6.42 Å². The highest BCUT2D eigenvalue weighted by Gasteiger charge is 2.04. The number of aliphatic hydroxyl groups is 2. The highest BCUT2D eigenvalue weighted by Crippen LogP contribution is 2.00. The van der Waals surface area contributed by atoms with Crippen LogP contribution < -0.4 is 0 Å². The molecule has 0 fully saturated rings. The van der Waals surface area contributed by atoms with Gasteiger partial charge in [0.1, 0.15) is 0 Å². The molecule has 1 heterocycles. The Labute approximate surface area is 70.0 Å². The maximum Gasteiger partial charge on any atom is 0.226 e. The van der Waals surface area contributed by atoms with Crippen molar-refractivity contribution in [2.75, 3.05) is 13.2 Å². The van der Waals surface area contributed by atoms with Crippen molar-refractivity contribution in [3.63, 3.8) is 0 Å². The quantitative estimate of drug-likeness (QED) is 0.627. The third-order valence-corrected chi connectivity index (χ3v) is 1.39. The molecule has 0 atom stereocenters. The molecule has 0 aliphatic heterocycles. The first-order valence-corrected chi connectivity index (χ1v) is 3.90. The van der Waals surface area contributed by atoms with Gasteiger partial charge in [-0.1, -0.05) is 5.16 Å². The number of hydrogen-bond donors (Lipinski definition) is 2. The predicted octanol–water partition coefficient (Wildman–Crippen LogP) is -0.471. The van der Waals surface area contributed by atoms with Crippen molar-refractivity contribution in [3.8, 4) is 0 Å². The van der Waals surface area contributed by atoms with E-state index in [9.17, 15) is 0 Å². The predicted molar refractivity (Wildman–Crippen MR) is 40.5 cm³/mol. The van der Waals surface area contributed by atoms with Gasteiger partial charge in [-0.15, -0.1) is 0 Å². The number of nitrogens with zero attached hydrogens (tertiary/aromatic N) is 2. The van der Waals surface area contributed by atoms with Crippen LogP contribution in [0.15, 0.2) is 4.52 Å². The average molecular weight is 172 g/mol. The maximum atomic E-state index is 8.54. The fraction of sp³-hybridized carbons (Fsp3) is 0.714. The van der Waals surface area contributed by atoms with Crippen LogP contribution in [0.1, 0.15) is 18.1 Å². The minimum atomic E-state index is 0.0268. The summed E-state index contributed by atoms with van der Waals surface area (Å²) in [5.41, 5.74) is 0. The fourth-order valence-corrected chi connectivity index (χ4v) is 0.824. The highest BCUT2D eigenvalue weighted by atomic mass is 16.5. The van der Waals surface area contributed by atoms with Crippen molar-refractivity contribution in [2.45, 2.75) is 19.3 Å². The number of rotatable bonds is 5. The van der Waals surface area contributed by atoms with E-state index in [1.807, 2.05) is 0 Å². The summed E-state index contributed by atoms with van der Waals surface area (Å²) in [5.74, 6) is 1.04. The average Bonchev–Trinajstić information content (AvgIpc) is 2.50. The molecular weight excluding hydrogens is 160 g/mol. The third-order valence-electron chi connectivity index (χ3n) is 1.39. The van der Waals surface area contributed by atoms with Crippen molar-refractivity contribution in [3.05, 3.63) is 11.7 Å². The number of aryl methyl sites for hydroxylation is 1. The molecule has 0 amide bonds. The summed E-state index contributed by atoms with van der Waals surface area (Å²) < 4.78 is 4.84. The van der Waals surface area contributed by atoms with E-state index in [2.05, 4.69) is 10.1 Å². The summed E-state index contributed by atoms with van der Waals surface area (Å²) in [4.78, 5) is 3.99. The summed E-state index contributed by atoms with van der Waals surface area (Å²) in [6.07, 6.45) is 1.64. The van der Waals surface area contributed by atoms with Gasteiger partial charge in [-0.25, -0.2) is 0 Å². The molecule has 1 aromatic heterocycles. The van der Waals surface area contributed by atoms with Crippen LogP contribution in [0.4, 0.5) is 0 Å². The Morgan fingerprint density at radius 1 is 1.17 bits per heavy atom. The van der Waals surface area contributed by atoms with Gasteiger partial charge < -0.3 is 14.7 Å². The smallest absolute Gasteiger partial charge is 0.226 e. The van der Waals surface area contributed by atoms with E-state index in [4.69, 9.17) is 14.7 Å². The Kier molecular flexibility index (Phi) is 3.69. The van der Waals surface area contributed by atoms with Crippen LogP contribution in [0.3, 0.4) is 0 Å². The SMILES string of the molecule is OCCCc1nc(CCO)no1. The van der Waals surface area contributed by atoms with E-state index < -0.39 is 0 Å². The summed E-state index contributed by atoms with van der Waals surface area (Å²) >= 11 is 0. The van der Waals surface area contributed by atoms with Gasteiger partial charge in [0.15, 0.2) is 5.82 Å². The molecular formula is C7H12N2O3. The number of aliphatic hydroxyl groups excluding tert-OH is 2. The van der Waals surface area contributed by atoms with Crippen molar-refractivity contribution in [1.82, 2.24) is 10.1 Å². The van der Waals surface area contributed by atoms with Gasteiger partial charge in [0.05, 0.1) is 6.61 Å². The highest BCUT2D eigenvalue weighted by molar-refractivity contribution is 4.86. The number of aromatic nitrogens is 2. The second kappa shape index (κ2) is 4.84. The maximum absolute atomic E-state index is 8.54. The molecule has 68 valence electrons. The standard InChI is InChI=1S/C7H12N2O3/c10-4-1-2-7-8-6(3-5-11)9-12-7/h10-11H,1-5H2. The van der Waals surface area contributed by atoms with E-state index in [-0.39, 0.29) is 13.2 Å². The van der Waals surface area contributed by atoms with Crippen LogP contribution in [0.25, 0.3) is 0 Å². The van der Waals surface area contributed by atoms with Gasteiger partial charge in [-0.2, -0.15) is 4.98 Å². The second-order valence-corrected chi connectivity index (χ2v) is 2.41. The first kappa shape index (κ1) is 9.15. The normalized spacial score (nSPS) is 10.5. The van der Waals surface area contributed by atoms with Crippen LogP contribution in [-0.4, -0.2) is 33.6 Å². The van der Waals surface area contributed by atoms with E-state index in [0.717, 1.165) is 0 Å². The zero-order valence-electron chi connectivity index (χ0n) is 6.73. The molecule has 0 aromatic carbocycles. The summed E-state index contributed by atoms with van der Waals surface area (Å²) in [6, 6.07) is 0. The molecule has 5 nitrogen and oxygen atoms in total. The Bertz CT molecular complexity index is 224. The lowest BCUT2D eigenvalue weighted by Crippen LogP contribution is -1.94. The summed E-state index contributed by atoms with van der Waals surface area (Å²) in [5, 5.41) is 20.7. The molecule has 1 rings (SSSR count). The molecule has 0 unspecified atom stereocenters. The molecule has 0 spiro atoms. The van der Waals surface area contributed by atoms with Gasteiger partial charge in [0.2, 0.25) is 5.89 Å². The Balaban J connectivity index is 2.41. The lowest BCUT2D eigenvalue weighted by molar-refractivity contribution is 0.277. The molecule has 5 heteroatoms. The first-order valence-electron chi connectivity index (χ1n) is 3.90. The lowest BCUT2D eigenvalue weighted by Gasteiger charge is -1.87. The van der Waals surface area contributed by atoms with Gasteiger partial charge in [0, 0.05) is 19.4 Å². The van der Waals surface area contributed by atoms with Crippen LogP contribution in [-0.2, 0) is 12.8 Å². The molecule has 0 aliphatic rings. The lowest BCUT2D eigenvalue weighted by atomic mass is 10.3. The Hall–Kier alpha value is -0.940. The van der Waals surface area contributed by atoms with Gasteiger partial charge in [-0.3, -0.25) is 0 Å². The van der Waals surface area contributed by atoms with Crippen molar-refractivity contribution in [1.29, 1.82) is 0 Å². The minimum Gasteiger partial charge on any atom is -0.396 e. The summed E-state index contributed by atoms with van der Waals surface area (Å²) in [7, 11) is 0. The summed E-state index contributed by atoms with van der Waals surface area (Å²) in [6.45, 7) is 0.149. The topological polar surface area (TPSA) is 79.4 Å². The largest absolute Gasteiger partial charge is 0.396 e. The van der Waals surface area contributed by atoms with Gasteiger partial charge in [0.25, 0.3) is 0 Å². The van der Waals surface area contributed by atoms with Crippen molar-refractivity contribution >= 4 is 0 Å². The van der Waals surface area contributed by atoms with Crippen LogP contribution in [0.2, 0.25) is 0 Å². The minimum absolute atomic E-state index is 0.0268. The van der Waals surface area contributed by atoms with Crippen molar-refractivity contribution < 1.29 is 14.7 Å². The van der Waals surface area contributed by atoms with Crippen LogP contribution in [0.5, 0.6) is 0 Å². The zero-order chi connectivity index (χ0) is 8.81. The number of hydrogen-bond acceptors (Lipinski definition) is 5. The monoisotopic (exact) mass is 172 g/mol. The van der Waals surface area contributed by atoms with Crippen LogP contribution in [0, 0.1) is 0 Å². The third kappa shape index (κ3) is 2.60. The van der Waals surface area contributed by atoms with E-state index in [0.29, 0.717) is 31.0 Å². The second-order valence-electron chi connectivity index (χ2n) is 2.41. The van der Waals surface area contributed by atoms with Crippen molar-refractivity contribution in [2.24, 2.45) is 0 Å². The Morgan fingerprint density at radius 3 is 2.67 bits per heavy atom. The van der Waals surface area contributed by atoms with Crippen LogP contribution >= 0.6 is 0 Å². The zero-order valence-corrected chi connectivity index (χ0v) is 6.73. The first-order chi connectivity index (χ1) is 5.86. The molecule has 0 saturated carbocycles. The molecule has 1 aromatic rings. The fourth-order valence-electron chi connectivity index (χ4n) is 0.824. The van der Waals surface area contributed by atoms with E-state index in [1.54, 1.807) is 0 Å². The molecule has 0 radical (unpaired) electrons. The Morgan fingerprint density at radius 2 is 2.00 bits per heavy atom. The van der Waals surface area contributed by atoms with E-state index >= 15 is 0 Å². The molecule has 0 aliphatic carbocycles. The molecule has 2 N–H and O–H groups in total. The molecule has 0 bridgehead atoms. The molecule has 12 heavy (non-hydrogen) atoms. The van der Waals surface area contributed by atoms with Gasteiger partial charge >= 0.3 is 0 Å². The van der Waals surface area contributed by atoms with E-state index in [1.165, 1.54) is 0 Å². The molecule has 0 saturated heterocycles.